The summed E-state index contributed by atoms with van der Waals surface area (Å²) >= 11 is 0. The van der Waals surface area contributed by atoms with Crippen molar-refractivity contribution in [1.29, 1.82) is 0 Å². The van der Waals surface area contributed by atoms with Crippen LogP contribution in [0.4, 0.5) is 0 Å². The van der Waals surface area contributed by atoms with Crippen LogP contribution in [0.1, 0.15) is 18.4 Å². The predicted octanol–water partition coefficient (Wildman–Crippen LogP) is 2.81. The lowest BCUT2D eigenvalue weighted by Gasteiger charge is -2.36. The highest BCUT2D eigenvalue weighted by Crippen LogP contribution is 2.35. The second-order valence-corrected chi connectivity index (χ2v) is 6.98. The Kier molecular flexibility index (Phi) is 5.48. The highest BCUT2D eigenvalue weighted by Gasteiger charge is 2.41. The first kappa shape index (κ1) is 18.4. The molecule has 4 rings (SSSR count). The zero-order valence-electron chi connectivity index (χ0n) is 15.8. The number of amides is 1. The van der Waals surface area contributed by atoms with Gasteiger partial charge in [-0.1, -0.05) is 36.4 Å². The predicted molar refractivity (Wildman–Crippen MR) is 107 cm³/mol. The number of hydrogen-bond acceptors (Lipinski definition) is 4. The van der Waals surface area contributed by atoms with E-state index in [0.717, 1.165) is 17.1 Å². The first-order valence-electron chi connectivity index (χ1n) is 9.64. The van der Waals surface area contributed by atoms with Crippen molar-refractivity contribution in [3.05, 3.63) is 72.7 Å². The van der Waals surface area contributed by atoms with Crippen LogP contribution < -0.4 is 5.32 Å². The highest BCUT2D eigenvalue weighted by molar-refractivity contribution is 5.88. The van der Waals surface area contributed by atoms with E-state index in [1.54, 1.807) is 12.4 Å². The number of imidazole rings is 1. The average molecular weight is 376 g/mol. The summed E-state index contributed by atoms with van der Waals surface area (Å²) in [7, 11) is 0. The molecule has 3 aromatic rings. The third-order valence-corrected chi connectivity index (χ3v) is 5.36. The summed E-state index contributed by atoms with van der Waals surface area (Å²) in [5.41, 5.74) is 1.37. The lowest BCUT2D eigenvalue weighted by Crippen LogP contribution is -2.48. The number of benzene rings is 1. The van der Waals surface area contributed by atoms with Crippen molar-refractivity contribution >= 4 is 5.91 Å². The Morgan fingerprint density at radius 2 is 1.82 bits per heavy atom. The maximum atomic E-state index is 13.2. The lowest BCUT2D eigenvalue weighted by atomic mass is 9.73. The van der Waals surface area contributed by atoms with Crippen molar-refractivity contribution < 1.29 is 9.53 Å². The molecule has 0 unspecified atom stereocenters. The summed E-state index contributed by atoms with van der Waals surface area (Å²) < 4.78 is 7.54. The van der Waals surface area contributed by atoms with Crippen LogP contribution in [0.3, 0.4) is 0 Å². The fourth-order valence-corrected chi connectivity index (χ4v) is 3.80. The molecule has 0 radical (unpaired) electrons. The van der Waals surface area contributed by atoms with Gasteiger partial charge in [-0.15, -0.1) is 0 Å². The number of ether oxygens (including phenoxy) is 1. The molecule has 1 amide bonds. The van der Waals surface area contributed by atoms with E-state index < -0.39 is 5.41 Å². The molecule has 1 aliphatic rings. The van der Waals surface area contributed by atoms with Crippen LogP contribution in [0.2, 0.25) is 0 Å². The fourth-order valence-electron chi connectivity index (χ4n) is 3.80. The molecule has 144 valence electrons. The first-order chi connectivity index (χ1) is 13.8. The van der Waals surface area contributed by atoms with E-state index in [9.17, 15) is 4.79 Å². The second-order valence-electron chi connectivity index (χ2n) is 6.98. The molecule has 1 fully saturated rings. The monoisotopic (exact) mass is 376 g/mol. The largest absolute Gasteiger partial charge is 0.381 e. The number of nitrogens with zero attached hydrogens (tertiary/aromatic N) is 3. The van der Waals surface area contributed by atoms with Gasteiger partial charge in [0.2, 0.25) is 5.91 Å². The molecular weight excluding hydrogens is 352 g/mol. The molecule has 6 nitrogen and oxygen atoms in total. The molecule has 2 aromatic heterocycles. The van der Waals surface area contributed by atoms with Crippen LogP contribution in [-0.4, -0.2) is 40.2 Å². The van der Waals surface area contributed by atoms with Gasteiger partial charge in [0.1, 0.15) is 5.69 Å². The van der Waals surface area contributed by atoms with Gasteiger partial charge in [-0.3, -0.25) is 9.78 Å². The van der Waals surface area contributed by atoms with E-state index in [1.807, 2.05) is 59.3 Å². The minimum atomic E-state index is -0.516. The molecule has 3 heterocycles. The van der Waals surface area contributed by atoms with E-state index in [1.165, 1.54) is 0 Å². The smallest absolute Gasteiger partial charge is 0.230 e. The Hall–Kier alpha value is -2.99. The van der Waals surface area contributed by atoms with Gasteiger partial charge in [0.05, 0.1) is 5.41 Å². The lowest BCUT2D eigenvalue weighted by molar-refractivity contribution is -0.130. The standard InChI is InChI=1S/C22H24N4O2/c27-21(22(9-16-28-17-10-22)18-6-2-1-3-7-18)25-13-15-26-14-12-24-20(26)19-8-4-5-11-23-19/h1-8,11-12,14H,9-10,13,15-17H2,(H,25,27). The molecule has 1 aliphatic heterocycles. The molecule has 6 heteroatoms. The minimum absolute atomic E-state index is 0.0708. The number of nitrogens with one attached hydrogen (secondary N) is 1. The Balaban J connectivity index is 1.45. The fraction of sp³-hybridized carbons (Fsp3) is 0.318. The Labute approximate surface area is 164 Å². The van der Waals surface area contributed by atoms with Gasteiger partial charge >= 0.3 is 0 Å². The van der Waals surface area contributed by atoms with Gasteiger partial charge in [-0.2, -0.15) is 0 Å². The van der Waals surface area contributed by atoms with Crippen molar-refractivity contribution in [2.75, 3.05) is 19.8 Å². The van der Waals surface area contributed by atoms with Gasteiger partial charge in [-0.25, -0.2) is 4.98 Å². The van der Waals surface area contributed by atoms with Crippen LogP contribution in [0, 0.1) is 0 Å². The number of hydrogen-bond donors (Lipinski definition) is 1. The summed E-state index contributed by atoms with van der Waals surface area (Å²) in [6.45, 7) is 2.38. The summed E-state index contributed by atoms with van der Waals surface area (Å²) in [4.78, 5) is 22.0. The molecular formula is C22H24N4O2. The number of carbonyl (C=O) groups is 1. The Morgan fingerprint density at radius 3 is 2.57 bits per heavy atom. The van der Waals surface area contributed by atoms with Crippen LogP contribution in [0.5, 0.6) is 0 Å². The van der Waals surface area contributed by atoms with Gasteiger partial charge < -0.3 is 14.6 Å². The maximum absolute atomic E-state index is 13.2. The quantitative estimate of drug-likeness (QED) is 0.718. The summed E-state index contributed by atoms with van der Waals surface area (Å²) in [6.07, 6.45) is 6.83. The molecule has 0 spiro atoms. The number of aromatic nitrogens is 3. The molecule has 0 bridgehead atoms. The molecule has 1 aromatic carbocycles. The van der Waals surface area contributed by atoms with Gasteiger partial charge in [0.25, 0.3) is 0 Å². The number of pyridine rings is 1. The van der Waals surface area contributed by atoms with E-state index in [-0.39, 0.29) is 5.91 Å². The minimum Gasteiger partial charge on any atom is -0.381 e. The van der Waals surface area contributed by atoms with E-state index >= 15 is 0 Å². The molecule has 0 aliphatic carbocycles. The van der Waals surface area contributed by atoms with Crippen LogP contribution in [-0.2, 0) is 21.5 Å². The number of rotatable bonds is 6. The van der Waals surface area contributed by atoms with Crippen LogP contribution >= 0.6 is 0 Å². The van der Waals surface area contributed by atoms with E-state index in [4.69, 9.17) is 4.74 Å². The summed E-state index contributed by atoms with van der Waals surface area (Å²) in [6, 6.07) is 15.8. The maximum Gasteiger partial charge on any atom is 0.230 e. The molecule has 0 saturated carbocycles. The molecule has 0 atom stereocenters. The van der Waals surface area contributed by atoms with Crippen molar-refractivity contribution in [3.63, 3.8) is 0 Å². The normalized spacial score (nSPS) is 15.9. The molecule has 1 saturated heterocycles. The van der Waals surface area contributed by atoms with Crippen LogP contribution in [0.25, 0.3) is 11.5 Å². The average Bonchev–Trinajstić information content (AvgIpc) is 3.24. The van der Waals surface area contributed by atoms with Gasteiger partial charge in [0.15, 0.2) is 5.82 Å². The Morgan fingerprint density at radius 1 is 1.04 bits per heavy atom. The van der Waals surface area contributed by atoms with Crippen LogP contribution in [0.15, 0.2) is 67.1 Å². The van der Waals surface area contributed by atoms with E-state index in [0.29, 0.717) is 39.1 Å². The highest BCUT2D eigenvalue weighted by atomic mass is 16.5. The summed E-state index contributed by atoms with van der Waals surface area (Å²) in [5, 5.41) is 3.15. The third kappa shape index (κ3) is 3.68. The number of carbonyl (C=O) groups excluding carboxylic acids is 1. The van der Waals surface area contributed by atoms with Gasteiger partial charge in [0, 0.05) is 44.9 Å². The van der Waals surface area contributed by atoms with Crippen molar-refractivity contribution in [1.82, 2.24) is 19.9 Å². The second kappa shape index (κ2) is 8.35. The SMILES string of the molecule is O=C(NCCn1ccnc1-c1ccccn1)C1(c2ccccc2)CCOCC1. The topological polar surface area (TPSA) is 69.0 Å². The Bertz CT molecular complexity index is 903. The molecule has 1 N–H and O–H groups in total. The third-order valence-electron chi connectivity index (χ3n) is 5.36. The van der Waals surface area contributed by atoms with Crippen molar-refractivity contribution in [2.24, 2.45) is 0 Å². The van der Waals surface area contributed by atoms with E-state index in [2.05, 4.69) is 15.3 Å². The van der Waals surface area contributed by atoms with Gasteiger partial charge in [-0.05, 0) is 30.5 Å². The zero-order chi connectivity index (χ0) is 19.2. The zero-order valence-corrected chi connectivity index (χ0v) is 15.8. The van der Waals surface area contributed by atoms with Crippen molar-refractivity contribution in [2.45, 2.75) is 24.8 Å². The van der Waals surface area contributed by atoms with Crippen molar-refractivity contribution in [3.8, 4) is 11.5 Å². The summed E-state index contributed by atoms with van der Waals surface area (Å²) in [5.74, 6) is 0.875. The first-order valence-corrected chi connectivity index (χ1v) is 9.64. The molecule has 28 heavy (non-hydrogen) atoms.